The summed E-state index contributed by atoms with van der Waals surface area (Å²) in [6, 6.07) is 18.2. The zero-order valence-electron chi connectivity index (χ0n) is 9.80. The van der Waals surface area contributed by atoms with Crippen molar-refractivity contribution in [2.45, 2.75) is 0 Å². The highest BCUT2D eigenvalue weighted by molar-refractivity contribution is 5.94. The van der Waals surface area contributed by atoms with Gasteiger partial charge in [0, 0.05) is 22.7 Å². The lowest BCUT2D eigenvalue weighted by Crippen LogP contribution is -1.86. The molecule has 1 nitrogen and oxygen atoms in total. The number of terminal acetylenes is 1. The van der Waals surface area contributed by atoms with Crippen LogP contribution in [0.1, 0.15) is 5.56 Å². The second-order valence-electron chi connectivity index (χ2n) is 4.10. The maximum atomic E-state index is 5.36. The molecule has 0 atom stereocenters. The van der Waals surface area contributed by atoms with Gasteiger partial charge in [-0.15, -0.1) is 6.42 Å². The fourth-order valence-electron chi connectivity index (χ4n) is 2.07. The van der Waals surface area contributed by atoms with Crippen LogP contribution in [0.15, 0.2) is 60.8 Å². The number of aromatic nitrogens is 1. The molecule has 0 spiro atoms. The van der Waals surface area contributed by atoms with Gasteiger partial charge in [0.1, 0.15) is 0 Å². The van der Waals surface area contributed by atoms with E-state index in [4.69, 9.17) is 6.42 Å². The summed E-state index contributed by atoms with van der Waals surface area (Å²) in [7, 11) is 0. The van der Waals surface area contributed by atoms with E-state index >= 15 is 0 Å². The Kier molecular flexibility index (Phi) is 2.55. The lowest BCUT2D eigenvalue weighted by atomic mass is 10.0. The molecule has 0 aliphatic carbocycles. The van der Waals surface area contributed by atoms with Crippen molar-refractivity contribution >= 4 is 10.8 Å². The van der Waals surface area contributed by atoms with Gasteiger partial charge in [0.25, 0.3) is 0 Å². The van der Waals surface area contributed by atoms with Crippen LogP contribution < -0.4 is 0 Å². The number of fused-ring (bicyclic) bond motifs is 1. The molecule has 3 aromatic rings. The molecule has 0 radical (unpaired) electrons. The van der Waals surface area contributed by atoms with E-state index in [1.807, 2.05) is 48.7 Å². The van der Waals surface area contributed by atoms with E-state index in [0.717, 1.165) is 22.2 Å². The second kappa shape index (κ2) is 4.35. The van der Waals surface area contributed by atoms with Crippen LogP contribution in [-0.4, -0.2) is 4.98 Å². The van der Waals surface area contributed by atoms with Gasteiger partial charge in [-0.1, -0.05) is 42.3 Å². The van der Waals surface area contributed by atoms with E-state index in [2.05, 4.69) is 23.0 Å². The number of hydrogen-bond donors (Lipinski definition) is 0. The summed E-state index contributed by atoms with van der Waals surface area (Å²) in [5.74, 6) is 2.62. The van der Waals surface area contributed by atoms with Crippen LogP contribution in [0, 0.1) is 12.3 Å². The number of benzene rings is 2. The van der Waals surface area contributed by atoms with Crippen molar-refractivity contribution in [2.24, 2.45) is 0 Å². The van der Waals surface area contributed by atoms with Crippen LogP contribution in [0.5, 0.6) is 0 Å². The second-order valence-corrected chi connectivity index (χ2v) is 4.10. The molecule has 0 aliphatic heterocycles. The Morgan fingerprint density at radius 1 is 0.889 bits per heavy atom. The molecule has 3 rings (SSSR count). The molecule has 0 amide bonds. The van der Waals surface area contributed by atoms with E-state index in [1.54, 1.807) is 0 Å². The van der Waals surface area contributed by atoms with E-state index in [-0.39, 0.29) is 0 Å². The molecule has 1 heteroatoms. The number of rotatable bonds is 1. The van der Waals surface area contributed by atoms with E-state index in [0.29, 0.717) is 0 Å². The Labute approximate surface area is 106 Å². The first-order valence-electron chi connectivity index (χ1n) is 5.79. The Hall–Kier alpha value is -2.59. The van der Waals surface area contributed by atoms with Gasteiger partial charge in [0.15, 0.2) is 0 Å². The first-order chi connectivity index (χ1) is 8.88. The molecule has 2 aromatic carbocycles. The van der Waals surface area contributed by atoms with Gasteiger partial charge in [-0.3, -0.25) is 4.98 Å². The van der Waals surface area contributed by atoms with Crippen LogP contribution in [0.2, 0.25) is 0 Å². The summed E-state index contributed by atoms with van der Waals surface area (Å²) in [4.78, 5) is 4.48. The van der Waals surface area contributed by atoms with E-state index in [9.17, 15) is 0 Å². The van der Waals surface area contributed by atoms with Gasteiger partial charge in [-0.2, -0.15) is 0 Å². The monoisotopic (exact) mass is 229 g/mol. The summed E-state index contributed by atoms with van der Waals surface area (Å²) >= 11 is 0. The molecule has 0 bridgehead atoms. The quantitative estimate of drug-likeness (QED) is 0.577. The first kappa shape index (κ1) is 10.6. The molecule has 84 valence electrons. The molecule has 0 saturated carbocycles. The highest BCUT2D eigenvalue weighted by Gasteiger charge is 2.04. The van der Waals surface area contributed by atoms with Gasteiger partial charge < -0.3 is 0 Å². The molecule has 0 saturated heterocycles. The standard InChI is InChI=1S/C17H11N/c1-2-13-7-9-15(10-8-13)17-16-6-4-3-5-14(16)11-12-18-17/h1,3-12H. The fourth-order valence-corrected chi connectivity index (χ4v) is 2.07. The van der Waals surface area contributed by atoms with Crippen LogP contribution in [0.25, 0.3) is 22.0 Å². The average Bonchev–Trinajstić information content (AvgIpc) is 2.47. The zero-order chi connectivity index (χ0) is 12.4. The van der Waals surface area contributed by atoms with Crippen molar-refractivity contribution in [3.63, 3.8) is 0 Å². The SMILES string of the molecule is C#Cc1ccc(-c2nccc3ccccc23)cc1. The van der Waals surface area contributed by atoms with Crippen molar-refractivity contribution in [1.82, 2.24) is 4.98 Å². The maximum Gasteiger partial charge on any atom is 0.0780 e. The van der Waals surface area contributed by atoms with Gasteiger partial charge in [0.05, 0.1) is 5.69 Å². The summed E-state index contributed by atoms with van der Waals surface area (Å²) < 4.78 is 0. The molecular weight excluding hydrogens is 218 g/mol. The molecule has 0 aliphatic rings. The van der Waals surface area contributed by atoms with Crippen LogP contribution in [0.4, 0.5) is 0 Å². The predicted molar refractivity (Wildman–Crippen MR) is 75.1 cm³/mol. The summed E-state index contributed by atoms with van der Waals surface area (Å²) in [6.45, 7) is 0. The lowest BCUT2D eigenvalue weighted by molar-refractivity contribution is 1.36. The molecule has 1 aromatic heterocycles. The van der Waals surface area contributed by atoms with Gasteiger partial charge in [-0.25, -0.2) is 0 Å². The van der Waals surface area contributed by atoms with E-state index in [1.165, 1.54) is 5.39 Å². The Bertz CT molecular complexity index is 728. The summed E-state index contributed by atoms with van der Waals surface area (Å²) in [5, 5.41) is 2.36. The van der Waals surface area contributed by atoms with Gasteiger partial charge >= 0.3 is 0 Å². The zero-order valence-corrected chi connectivity index (χ0v) is 9.80. The fraction of sp³-hybridized carbons (Fsp3) is 0. The van der Waals surface area contributed by atoms with Crippen LogP contribution in [0.3, 0.4) is 0 Å². The minimum atomic E-state index is 0.888. The molecule has 18 heavy (non-hydrogen) atoms. The number of pyridine rings is 1. The summed E-state index contributed by atoms with van der Waals surface area (Å²) in [5.41, 5.74) is 2.97. The Morgan fingerprint density at radius 2 is 1.67 bits per heavy atom. The first-order valence-corrected chi connectivity index (χ1v) is 5.79. The van der Waals surface area contributed by atoms with Gasteiger partial charge in [0.2, 0.25) is 0 Å². The van der Waals surface area contributed by atoms with Crippen molar-refractivity contribution in [3.8, 4) is 23.6 Å². The van der Waals surface area contributed by atoms with Crippen LogP contribution in [-0.2, 0) is 0 Å². The third-order valence-corrected chi connectivity index (χ3v) is 3.00. The minimum Gasteiger partial charge on any atom is -0.256 e. The summed E-state index contributed by atoms with van der Waals surface area (Å²) in [6.07, 6.45) is 7.20. The van der Waals surface area contributed by atoms with Crippen molar-refractivity contribution in [3.05, 3.63) is 66.4 Å². The Morgan fingerprint density at radius 3 is 2.44 bits per heavy atom. The third kappa shape index (κ3) is 1.74. The average molecular weight is 229 g/mol. The topological polar surface area (TPSA) is 12.9 Å². The van der Waals surface area contributed by atoms with Crippen molar-refractivity contribution < 1.29 is 0 Å². The smallest absolute Gasteiger partial charge is 0.0780 e. The molecule has 0 fully saturated rings. The molecule has 1 heterocycles. The number of nitrogens with zero attached hydrogens (tertiary/aromatic N) is 1. The maximum absolute atomic E-state index is 5.36. The highest BCUT2D eigenvalue weighted by Crippen LogP contribution is 2.26. The van der Waals surface area contributed by atoms with Crippen molar-refractivity contribution in [1.29, 1.82) is 0 Å². The largest absolute Gasteiger partial charge is 0.256 e. The van der Waals surface area contributed by atoms with E-state index < -0.39 is 0 Å². The minimum absolute atomic E-state index is 0.888. The van der Waals surface area contributed by atoms with Gasteiger partial charge in [-0.05, 0) is 23.6 Å². The lowest BCUT2D eigenvalue weighted by Gasteiger charge is -2.05. The predicted octanol–water partition coefficient (Wildman–Crippen LogP) is 3.88. The van der Waals surface area contributed by atoms with Crippen LogP contribution >= 0.6 is 0 Å². The molecule has 0 N–H and O–H groups in total. The highest BCUT2D eigenvalue weighted by atomic mass is 14.7. The normalized spacial score (nSPS) is 10.2. The number of hydrogen-bond acceptors (Lipinski definition) is 1. The van der Waals surface area contributed by atoms with Crippen molar-refractivity contribution in [2.75, 3.05) is 0 Å². The Balaban J connectivity index is 2.22. The molecular formula is C17H11N. The third-order valence-electron chi connectivity index (χ3n) is 3.00. The molecule has 0 unspecified atom stereocenters.